The number of rotatable bonds is 4. The Bertz CT molecular complexity index is 672. The molecule has 2 aromatic rings. The van der Waals surface area contributed by atoms with Gasteiger partial charge in [-0.05, 0) is 66.0 Å². The number of benzene rings is 2. The molecule has 0 heterocycles. The lowest BCUT2D eigenvalue weighted by atomic mass is 9.77. The van der Waals surface area contributed by atoms with Crippen LogP contribution in [0.2, 0.25) is 0 Å². The first kappa shape index (κ1) is 15.1. The smallest absolute Gasteiger partial charge is 0.0991 e. The molecule has 0 atom stereocenters. The van der Waals surface area contributed by atoms with Crippen molar-refractivity contribution in [2.45, 2.75) is 57.8 Å². The summed E-state index contributed by atoms with van der Waals surface area (Å²) in [6.45, 7) is 2.29. The van der Waals surface area contributed by atoms with Crippen molar-refractivity contribution in [1.82, 2.24) is 0 Å². The summed E-state index contributed by atoms with van der Waals surface area (Å²) in [7, 11) is 0. The summed E-state index contributed by atoms with van der Waals surface area (Å²) in [5, 5.41) is 11.4. The average Bonchev–Trinajstić information content (AvgIpc) is 2.59. The Kier molecular flexibility index (Phi) is 4.78. The first-order valence-corrected chi connectivity index (χ1v) is 8.74. The maximum absolute atomic E-state index is 8.99. The van der Waals surface area contributed by atoms with Crippen LogP contribution in [0.3, 0.4) is 0 Å². The Labute approximate surface area is 134 Å². The van der Waals surface area contributed by atoms with Crippen molar-refractivity contribution in [2.75, 3.05) is 0 Å². The summed E-state index contributed by atoms with van der Waals surface area (Å²) in [6, 6.07) is 15.0. The minimum atomic E-state index is 0.734. The molecular weight excluding hydrogens is 266 g/mol. The van der Waals surface area contributed by atoms with Crippen LogP contribution < -0.4 is 0 Å². The summed E-state index contributed by atoms with van der Waals surface area (Å²) in [6.07, 6.45) is 9.64. The van der Waals surface area contributed by atoms with E-state index >= 15 is 0 Å². The minimum absolute atomic E-state index is 0.734. The number of fused-ring (bicyclic) bond motifs is 1. The number of unbranched alkanes of at least 4 members (excludes halogenated alkanes) is 1. The van der Waals surface area contributed by atoms with E-state index in [1.54, 1.807) is 0 Å². The summed E-state index contributed by atoms with van der Waals surface area (Å²) < 4.78 is 0. The van der Waals surface area contributed by atoms with Crippen LogP contribution in [0.4, 0.5) is 0 Å². The molecule has 0 aliphatic heterocycles. The molecule has 0 bridgehead atoms. The zero-order chi connectivity index (χ0) is 15.4. The molecule has 0 radical (unpaired) electrons. The zero-order valence-electron chi connectivity index (χ0n) is 13.5. The van der Waals surface area contributed by atoms with E-state index in [1.807, 2.05) is 12.1 Å². The normalized spacial score (nSPS) is 21.6. The summed E-state index contributed by atoms with van der Waals surface area (Å²) in [5.41, 5.74) is 2.24. The van der Waals surface area contributed by atoms with E-state index in [-0.39, 0.29) is 0 Å². The van der Waals surface area contributed by atoms with Crippen molar-refractivity contribution in [1.29, 1.82) is 5.26 Å². The molecule has 1 heteroatoms. The molecule has 1 aliphatic carbocycles. The molecule has 114 valence electrons. The van der Waals surface area contributed by atoms with Gasteiger partial charge in [0.15, 0.2) is 0 Å². The number of nitrogens with zero attached hydrogens (tertiary/aromatic N) is 1. The second-order valence-corrected chi connectivity index (χ2v) is 6.79. The molecule has 0 saturated heterocycles. The highest BCUT2D eigenvalue weighted by molar-refractivity contribution is 5.84. The number of hydrogen-bond acceptors (Lipinski definition) is 1. The van der Waals surface area contributed by atoms with Crippen LogP contribution in [0.1, 0.15) is 68.9 Å². The van der Waals surface area contributed by atoms with Crippen LogP contribution in [0, 0.1) is 17.2 Å². The highest BCUT2D eigenvalue weighted by Crippen LogP contribution is 2.38. The van der Waals surface area contributed by atoms with Gasteiger partial charge in [0.2, 0.25) is 0 Å². The summed E-state index contributed by atoms with van der Waals surface area (Å²) in [4.78, 5) is 0. The van der Waals surface area contributed by atoms with Crippen LogP contribution >= 0.6 is 0 Å². The molecule has 0 N–H and O–H groups in total. The quantitative estimate of drug-likeness (QED) is 0.660. The van der Waals surface area contributed by atoms with E-state index in [0.29, 0.717) is 0 Å². The van der Waals surface area contributed by atoms with Gasteiger partial charge >= 0.3 is 0 Å². The van der Waals surface area contributed by atoms with Gasteiger partial charge in [-0.3, -0.25) is 0 Å². The molecule has 1 nitrogen and oxygen atoms in total. The maximum Gasteiger partial charge on any atom is 0.0991 e. The van der Waals surface area contributed by atoms with Gasteiger partial charge in [0.05, 0.1) is 11.6 Å². The van der Waals surface area contributed by atoms with Crippen molar-refractivity contribution in [3.8, 4) is 6.07 Å². The Morgan fingerprint density at radius 3 is 2.45 bits per heavy atom. The highest BCUT2D eigenvalue weighted by Gasteiger charge is 2.22. The van der Waals surface area contributed by atoms with Crippen molar-refractivity contribution >= 4 is 10.8 Å². The van der Waals surface area contributed by atoms with E-state index in [9.17, 15) is 0 Å². The van der Waals surface area contributed by atoms with Gasteiger partial charge in [0.1, 0.15) is 0 Å². The fraction of sp³-hybridized carbons (Fsp3) is 0.476. The fourth-order valence-corrected chi connectivity index (χ4v) is 3.86. The number of hydrogen-bond donors (Lipinski definition) is 0. The van der Waals surface area contributed by atoms with Crippen LogP contribution in [-0.2, 0) is 0 Å². The molecule has 1 aliphatic rings. The lowest BCUT2D eigenvalue weighted by molar-refractivity contribution is 0.304. The second kappa shape index (κ2) is 6.97. The molecule has 3 rings (SSSR count). The monoisotopic (exact) mass is 291 g/mol. The molecule has 0 amide bonds. The van der Waals surface area contributed by atoms with Crippen LogP contribution in [-0.4, -0.2) is 0 Å². The molecule has 0 spiro atoms. The standard InChI is InChI=1S/C21H25N/c1-2-3-4-16-5-8-18(9-6-16)20-12-11-19-13-17(15-22)7-10-21(19)14-20/h7,10-14,16,18H,2-6,8-9H2,1H3. The first-order chi connectivity index (χ1) is 10.8. The van der Waals surface area contributed by atoms with Crippen LogP contribution in [0.25, 0.3) is 10.8 Å². The van der Waals surface area contributed by atoms with Gasteiger partial charge in [-0.25, -0.2) is 0 Å². The van der Waals surface area contributed by atoms with Gasteiger partial charge in [0, 0.05) is 0 Å². The van der Waals surface area contributed by atoms with Crippen molar-refractivity contribution in [2.24, 2.45) is 5.92 Å². The van der Waals surface area contributed by atoms with E-state index in [1.165, 1.54) is 61.3 Å². The average molecular weight is 291 g/mol. The third-order valence-corrected chi connectivity index (χ3v) is 5.28. The molecular formula is C21H25N. The van der Waals surface area contributed by atoms with E-state index in [0.717, 1.165) is 17.4 Å². The molecule has 0 aromatic heterocycles. The third-order valence-electron chi connectivity index (χ3n) is 5.28. The second-order valence-electron chi connectivity index (χ2n) is 6.79. The SMILES string of the molecule is CCCCC1CCC(c2ccc3cc(C#N)ccc3c2)CC1. The Hall–Kier alpha value is -1.81. The van der Waals surface area contributed by atoms with Gasteiger partial charge in [0.25, 0.3) is 0 Å². The molecule has 22 heavy (non-hydrogen) atoms. The van der Waals surface area contributed by atoms with Crippen molar-refractivity contribution in [3.05, 3.63) is 47.5 Å². The first-order valence-electron chi connectivity index (χ1n) is 8.74. The lowest BCUT2D eigenvalue weighted by Crippen LogP contribution is -2.13. The van der Waals surface area contributed by atoms with Crippen molar-refractivity contribution in [3.63, 3.8) is 0 Å². The molecule has 0 unspecified atom stereocenters. The van der Waals surface area contributed by atoms with Gasteiger partial charge in [-0.1, -0.05) is 50.5 Å². The summed E-state index contributed by atoms with van der Waals surface area (Å²) in [5.74, 6) is 1.70. The fourth-order valence-electron chi connectivity index (χ4n) is 3.86. The third kappa shape index (κ3) is 3.33. The Morgan fingerprint density at radius 2 is 1.73 bits per heavy atom. The zero-order valence-corrected chi connectivity index (χ0v) is 13.5. The van der Waals surface area contributed by atoms with E-state index in [2.05, 4.69) is 37.3 Å². The molecule has 2 aromatic carbocycles. The minimum Gasteiger partial charge on any atom is -0.192 e. The highest BCUT2D eigenvalue weighted by atomic mass is 14.3. The van der Waals surface area contributed by atoms with Crippen LogP contribution in [0.15, 0.2) is 36.4 Å². The predicted molar refractivity (Wildman–Crippen MR) is 92.9 cm³/mol. The lowest BCUT2D eigenvalue weighted by Gasteiger charge is -2.29. The van der Waals surface area contributed by atoms with Gasteiger partial charge in [-0.2, -0.15) is 5.26 Å². The maximum atomic E-state index is 8.99. The Morgan fingerprint density at radius 1 is 1.00 bits per heavy atom. The molecule has 1 saturated carbocycles. The van der Waals surface area contributed by atoms with Gasteiger partial charge in [-0.15, -0.1) is 0 Å². The van der Waals surface area contributed by atoms with Crippen molar-refractivity contribution < 1.29 is 0 Å². The van der Waals surface area contributed by atoms with Gasteiger partial charge < -0.3 is 0 Å². The Balaban J connectivity index is 1.71. The predicted octanol–water partition coefficient (Wildman–Crippen LogP) is 6.18. The van der Waals surface area contributed by atoms with E-state index in [4.69, 9.17) is 5.26 Å². The van der Waals surface area contributed by atoms with E-state index < -0.39 is 0 Å². The topological polar surface area (TPSA) is 23.8 Å². The summed E-state index contributed by atoms with van der Waals surface area (Å²) >= 11 is 0. The molecule has 1 fully saturated rings. The number of nitriles is 1. The largest absolute Gasteiger partial charge is 0.192 e. The van der Waals surface area contributed by atoms with Crippen LogP contribution in [0.5, 0.6) is 0 Å².